The number of carbonyl (C=O) groups excluding carboxylic acids is 1. The molecule has 2 aromatic heterocycles. The molecule has 0 aliphatic carbocycles. The van der Waals surface area contributed by atoms with Crippen LogP contribution in [0.25, 0.3) is 16.6 Å². The summed E-state index contributed by atoms with van der Waals surface area (Å²) in [7, 11) is 0. The van der Waals surface area contributed by atoms with E-state index in [1.165, 1.54) is 11.6 Å². The maximum atomic E-state index is 13.3. The molecular formula is C26H29N5O2. The van der Waals surface area contributed by atoms with Crippen molar-refractivity contribution in [2.75, 3.05) is 13.1 Å². The molecule has 1 aliphatic rings. The number of benzene rings is 2. The maximum absolute atomic E-state index is 13.3. The highest BCUT2D eigenvalue weighted by molar-refractivity contribution is 5.94. The minimum absolute atomic E-state index is 0.0164. The van der Waals surface area contributed by atoms with Crippen LogP contribution >= 0.6 is 0 Å². The van der Waals surface area contributed by atoms with E-state index in [4.69, 9.17) is 0 Å². The number of likely N-dealkylation sites (tertiary alicyclic amines) is 1. The molecule has 1 amide bonds. The fourth-order valence-electron chi connectivity index (χ4n) is 4.90. The number of carbonyl (C=O) groups is 1. The molecule has 33 heavy (non-hydrogen) atoms. The SMILES string of the molecule is Cc1cc(=O)nc2c3ccccc3n([C@@H](C)C(=O)NC3CCN(Cc4ccccc4)CC3)n12. The lowest BCUT2D eigenvalue weighted by Crippen LogP contribution is -2.46. The first-order chi connectivity index (χ1) is 16.0. The van der Waals surface area contributed by atoms with E-state index < -0.39 is 6.04 Å². The summed E-state index contributed by atoms with van der Waals surface area (Å²) in [5.74, 6) is -0.0164. The second-order valence-corrected chi connectivity index (χ2v) is 8.95. The highest BCUT2D eigenvalue weighted by Gasteiger charge is 2.26. The van der Waals surface area contributed by atoms with Crippen LogP contribution in [0, 0.1) is 6.92 Å². The van der Waals surface area contributed by atoms with E-state index >= 15 is 0 Å². The lowest BCUT2D eigenvalue weighted by molar-refractivity contribution is -0.125. The fourth-order valence-corrected chi connectivity index (χ4v) is 4.90. The molecule has 1 saturated heterocycles. The average Bonchev–Trinajstić information content (AvgIpc) is 3.15. The third-order valence-corrected chi connectivity index (χ3v) is 6.62. The highest BCUT2D eigenvalue weighted by atomic mass is 16.2. The molecule has 1 N–H and O–H groups in total. The number of nitrogens with one attached hydrogen (secondary N) is 1. The second kappa shape index (κ2) is 8.83. The third kappa shape index (κ3) is 4.16. The zero-order valence-electron chi connectivity index (χ0n) is 19.1. The van der Waals surface area contributed by atoms with Crippen molar-refractivity contribution in [1.29, 1.82) is 0 Å². The summed E-state index contributed by atoms with van der Waals surface area (Å²) < 4.78 is 3.84. The molecule has 0 unspecified atom stereocenters. The van der Waals surface area contributed by atoms with Crippen LogP contribution in [-0.4, -0.2) is 44.1 Å². The molecule has 0 bridgehead atoms. The lowest BCUT2D eigenvalue weighted by atomic mass is 10.0. The van der Waals surface area contributed by atoms with E-state index in [9.17, 15) is 9.59 Å². The topological polar surface area (TPSA) is 71.6 Å². The number of hydrogen-bond donors (Lipinski definition) is 1. The molecule has 7 heteroatoms. The predicted molar refractivity (Wildman–Crippen MR) is 129 cm³/mol. The monoisotopic (exact) mass is 443 g/mol. The maximum Gasteiger partial charge on any atom is 0.273 e. The Morgan fingerprint density at radius 1 is 1.09 bits per heavy atom. The number of nitrogens with zero attached hydrogens (tertiary/aromatic N) is 4. The number of aromatic nitrogens is 3. The van der Waals surface area contributed by atoms with Gasteiger partial charge in [0.2, 0.25) is 5.91 Å². The van der Waals surface area contributed by atoms with Crippen LogP contribution < -0.4 is 10.9 Å². The quantitative estimate of drug-likeness (QED) is 0.514. The van der Waals surface area contributed by atoms with E-state index in [0.29, 0.717) is 5.65 Å². The van der Waals surface area contributed by atoms with E-state index in [2.05, 4.69) is 39.5 Å². The minimum atomic E-state index is -0.447. The van der Waals surface area contributed by atoms with Crippen molar-refractivity contribution < 1.29 is 4.79 Å². The Balaban J connectivity index is 1.33. The zero-order valence-corrected chi connectivity index (χ0v) is 19.1. The van der Waals surface area contributed by atoms with Crippen LogP contribution in [0.3, 0.4) is 0 Å². The Labute approximate surface area is 192 Å². The van der Waals surface area contributed by atoms with Crippen molar-refractivity contribution in [1.82, 2.24) is 24.4 Å². The van der Waals surface area contributed by atoms with Gasteiger partial charge in [-0.25, -0.2) is 4.52 Å². The number of para-hydroxylation sites is 1. The Morgan fingerprint density at radius 2 is 1.79 bits per heavy atom. The largest absolute Gasteiger partial charge is 0.351 e. The average molecular weight is 444 g/mol. The Bertz CT molecular complexity index is 1350. The highest BCUT2D eigenvalue weighted by Crippen LogP contribution is 2.25. The van der Waals surface area contributed by atoms with Gasteiger partial charge in [-0.2, -0.15) is 4.98 Å². The molecule has 7 nitrogen and oxygen atoms in total. The zero-order chi connectivity index (χ0) is 22.9. The van der Waals surface area contributed by atoms with Crippen molar-refractivity contribution >= 4 is 22.5 Å². The standard InChI is InChI=1S/C26H29N5O2/c1-18-16-24(32)28-25-22-10-6-7-11-23(22)31(30(18)25)19(2)26(33)27-21-12-14-29(15-13-21)17-20-8-4-3-5-9-20/h3-11,16,19,21H,12-15,17H2,1-2H3,(H,27,33)/t19-/m0/s1. The molecule has 5 rings (SSSR count). The number of amides is 1. The fraction of sp³-hybridized carbons (Fsp3) is 0.346. The van der Waals surface area contributed by atoms with E-state index in [1.807, 2.05) is 53.4 Å². The molecule has 4 aromatic rings. The van der Waals surface area contributed by atoms with Gasteiger partial charge in [0.25, 0.3) is 5.56 Å². The molecule has 170 valence electrons. The Hall–Kier alpha value is -3.45. The smallest absolute Gasteiger partial charge is 0.273 e. The van der Waals surface area contributed by atoms with Crippen molar-refractivity contribution in [2.45, 2.75) is 45.3 Å². The normalized spacial score (nSPS) is 16.3. The van der Waals surface area contributed by atoms with Crippen LogP contribution in [-0.2, 0) is 11.3 Å². The molecule has 0 saturated carbocycles. The van der Waals surface area contributed by atoms with Crippen LogP contribution in [0.1, 0.15) is 37.1 Å². The molecule has 2 aromatic carbocycles. The number of fused-ring (bicyclic) bond motifs is 3. The molecule has 1 aliphatic heterocycles. The van der Waals surface area contributed by atoms with Crippen molar-refractivity contribution in [3.05, 3.63) is 82.3 Å². The van der Waals surface area contributed by atoms with Crippen LogP contribution in [0.5, 0.6) is 0 Å². The van der Waals surface area contributed by atoms with Gasteiger partial charge in [-0.3, -0.25) is 19.2 Å². The van der Waals surface area contributed by atoms with Crippen molar-refractivity contribution in [3.8, 4) is 0 Å². The molecule has 3 heterocycles. The van der Waals surface area contributed by atoms with E-state index in [-0.39, 0.29) is 17.5 Å². The summed E-state index contributed by atoms with van der Waals surface area (Å²) in [5.41, 5.74) is 3.29. The van der Waals surface area contributed by atoms with Gasteiger partial charge >= 0.3 is 0 Å². The molecule has 0 spiro atoms. The van der Waals surface area contributed by atoms with Gasteiger partial charge in [-0.15, -0.1) is 0 Å². The van der Waals surface area contributed by atoms with E-state index in [0.717, 1.165) is 49.1 Å². The molecule has 1 fully saturated rings. The lowest BCUT2D eigenvalue weighted by Gasteiger charge is -2.33. The summed E-state index contributed by atoms with van der Waals surface area (Å²) in [6.07, 6.45) is 1.87. The number of piperidine rings is 1. The van der Waals surface area contributed by atoms with Gasteiger partial charge in [0.15, 0.2) is 5.65 Å². The van der Waals surface area contributed by atoms with Gasteiger partial charge in [-0.1, -0.05) is 42.5 Å². The van der Waals surface area contributed by atoms with Gasteiger partial charge < -0.3 is 5.32 Å². The van der Waals surface area contributed by atoms with Gasteiger partial charge in [0.05, 0.1) is 5.52 Å². The first-order valence-electron chi connectivity index (χ1n) is 11.6. The van der Waals surface area contributed by atoms with Crippen molar-refractivity contribution in [2.24, 2.45) is 0 Å². The Morgan fingerprint density at radius 3 is 2.55 bits per heavy atom. The summed E-state index contributed by atoms with van der Waals surface area (Å²) >= 11 is 0. The minimum Gasteiger partial charge on any atom is -0.351 e. The van der Waals surface area contributed by atoms with Crippen LogP contribution in [0.2, 0.25) is 0 Å². The van der Waals surface area contributed by atoms with Crippen LogP contribution in [0.15, 0.2) is 65.5 Å². The molecular weight excluding hydrogens is 414 g/mol. The molecule has 0 radical (unpaired) electrons. The number of rotatable bonds is 5. The first-order valence-corrected chi connectivity index (χ1v) is 11.6. The summed E-state index contributed by atoms with van der Waals surface area (Å²) in [5, 5.41) is 4.14. The number of hydrogen-bond acceptors (Lipinski definition) is 4. The second-order valence-electron chi connectivity index (χ2n) is 8.95. The predicted octanol–water partition coefficient (Wildman–Crippen LogP) is 3.30. The Kier molecular flexibility index (Phi) is 5.72. The summed E-state index contributed by atoms with van der Waals surface area (Å²) in [6, 6.07) is 19.5. The van der Waals surface area contributed by atoms with Crippen molar-refractivity contribution in [3.63, 3.8) is 0 Å². The van der Waals surface area contributed by atoms with E-state index in [1.54, 1.807) is 0 Å². The van der Waals surface area contributed by atoms with Gasteiger partial charge in [-0.05, 0) is 44.4 Å². The third-order valence-electron chi connectivity index (χ3n) is 6.62. The summed E-state index contributed by atoms with van der Waals surface area (Å²) in [6.45, 7) is 6.66. The first kappa shape index (κ1) is 21.4. The summed E-state index contributed by atoms with van der Waals surface area (Å²) in [4.78, 5) is 32.0. The number of aryl methyl sites for hydroxylation is 1. The molecule has 1 atom stereocenters. The van der Waals surface area contributed by atoms with Gasteiger partial charge in [0, 0.05) is 42.8 Å². The van der Waals surface area contributed by atoms with Gasteiger partial charge in [0.1, 0.15) is 6.04 Å². The van der Waals surface area contributed by atoms with Crippen LogP contribution in [0.4, 0.5) is 0 Å².